The van der Waals surface area contributed by atoms with Gasteiger partial charge in [-0.05, 0) is 6.07 Å². The van der Waals surface area contributed by atoms with Crippen LogP contribution in [-0.4, -0.2) is 60.6 Å². The number of methoxy groups -OCH3 is 1. The van der Waals surface area contributed by atoms with E-state index in [0.717, 1.165) is 44.8 Å². The number of pyridine rings is 1. The Morgan fingerprint density at radius 3 is 2.70 bits per heavy atom. The van der Waals surface area contributed by atoms with E-state index in [4.69, 9.17) is 11.6 Å². The summed E-state index contributed by atoms with van der Waals surface area (Å²) in [6.45, 7) is 5.49. The number of aromatic nitrogens is 1. The summed E-state index contributed by atoms with van der Waals surface area (Å²) in [5, 5.41) is 0.584. The second-order valence-corrected chi connectivity index (χ2v) is 5.26. The molecular formula is C14H20ClN3O2. The molecule has 2 heterocycles. The second-order valence-electron chi connectivity index (χ2n) is 4.90. The summed E-state index contributed by atoms with van der Waals surface area (Å²) in [5.74, 6) is -0.144. The molecule has 2 rings (SSSR count). The van der Waals surface area contributed by atoms with Crippen molar-refractivity contribution in [2.45, 2.75) is 13.0 Å². The lowest BCUT2D eigenvalue weighted by Crippen LogP contribution is -2.46. The van der Waals surface area contributed by atoms with Gasteiger partial charge < -0.3 is 9.64 Å². The molecule has 1 saturated heterocycles. The normalized spacial score (nSPS) is 17.1. The molecule has 1 aliphatic heterocycles. The number of nitrogens with zero attached hydrogens (tertiary/aromatic N) is 3. The third-order valence-corrected chi connectivity index (χ3v) is 3.90. The maximum absolute atomic E-state index is 11.1. The summed E-state index contributed by atoms with van der Waals surface area (Å²) in [7, 11) is 1.43. The number of halogens is 1. The molecule has 20 heavy (non-hydrogen) atoms. The van der Waals surface area contributed by atoms with Crippen molar-refractivity contribution in [3.05, 3.63) is 29.0 Å². The highest BCUT2D eigenvalue weighted by Gasteiger charge is 2.18. The molecular weight excluding hydrogens is 278 g/mol. The van der Waals surface area contributed by atoms with Gasteiger partial charge in [0, 0.05) is 51.0 Å². The largest absolute Gasteiger partial charge is 0.469 e. The number of rotatable bonds is 5. The molecule has 6 heteroatoms. The molecule has 0 spiro atoms. The minimum absolute atomic E-state index is 0.144. The molecule has 0 saturated carbocycles. The van der Waals surface area contributed by atoms with Gasteiger partial charge in [-0.2, -0.15) is 0 Å². The van der Waals surface area contributed by atoms with Crippen LogP contribution < -0.4 is 0 Å². The highest BCUT2D eigenvalue weighted by Crippen LogP contribution is 2.15. The maximum Gasteiger partial charge on any atom is 0.306 e. The Bertz CT molecular complexity index is 448. The minimum atomic E-state index is -0.144. The van der Waals surface area contributed by atoms with Crippen LogP contribution in [-0.2, 0) is 16.1 Å². The van der Waals surface area contributed by atoms with Gasteiger partial charge in [0.25, 0.3) is 0 Å². The zero-order valence-electron chi connectivity index (χ0n) is 11.7. The molecule has 0 bridgehead atoms. The third-order valence-electron chi connectivity index (χ3n) is 3.56. The van der Waals surface area contributed by atoms with Gasteiger partial charge in [-0.3, -0.25) is 9.69 Å². The average molecular weight is 298 g/mol. The Morgan fingerprint density at radius 1 is 1.35 bits per heavy atom. The van der Waals surface area contributed by atoms with Crippen LogP contribution >= 0.6 is 11.6 Å². The first-order valence-electron chi connectivity index (χ1n) is 6.80. The highest BCUT2D eigenvalue weighted by molar-refractivity contribution is 6.30. The van der Waals surface area contributed by atoms with E-state index >= 15 is 0 Å². The zero-order chi connectivity index (χ0) is 14.4. The summed E-state index contributed by atoms with van der Waals surface area (Å²) >= 11 is 6.07. The average Bonchev–Trinajstić information content (AvgIpc) is 2.48. The van der Waals surface area contributed by atoms with Gasteiger partial charge in [-0.25, -0.2) is 4.98 Å². The van der Waals surface area contributed by atoms with Crippen LogP contribution in [0.3, 0.4) is 0 Å². The van der Waals surface area contributed by atoms with Crippen LogP contribution in [0.2, 0.25) is 5.15 Å². The summed E-state index contributed by atoms with van der Waals surface area (Å²) in [6, 6.07) is 3.92. The minimum Gasteiger partial charge on any atom is -0.469 e. The Morgan fingerprint density at radius 2 is 2.05 bits per heavy atom. The first-order valence-corrected chi connectivity index (χ1v) is 7.18. The lowest BCUT2D eigenvalue weighted by molar-refractivity contribution is -0.141. The Labute approximate surface area is 124 Å². The third kappa shape index (κ3) is 4.44. The molecule has 1 aromatic rings. The van der Waals surface area contributed by atoms with E-state index in [1.165, 1.54) is 7.11 Å². The first kappa shape index (κ1) is 15.2. The highest BCUT2D eigenvalue weighted by atomic mass is 35.5. The van der Waals surface area contributed by atoms with Crippen molar-refractivity contribution in [3.8, 4) is 0 Å². The van der Waals surface area contributed by atoms with E-state index in [1.807, 2.05) is 12.1 Å². The molecule has 0 radical (unpaired) electrons. The molecule has 110 valence electrons. The van der Waals surface area contributed by atoms with Crippen molar-refractivity contribution >= 4 is 17.6 Å². The molecule has 5 nitrogen and oxygen atoms in total. The summed E-state index contributed by atoms with van der Waals surface area (Å²) in [6.07, 6.45) is 2.17. The number of ether oxygens (including phenoxy) is 1. The van der Waals surface area contributed by atoms with Crippen LogP contribution in [0, 0.1) is 0 Å². The lowest BCUT2D eigenvalue weighted by atomic mass is 10.2. The number of carbonyl (C=O) groups is 1. The number of piperazine rings is 1. The quantitative estimate of drug-likeness (QED) is 0.607. The number of esters is 1. The molecule has 0 N–H and O–H groups in total. The molecule has 0 aromatic carbocycles. The van der Waals surface area contributed by atoms with Gasteiger partial charge in [0.05, 0.1) is 13.5 Å². The second kappa shape index (κ2) is 7.57. The van der Waals surface area contributed by atoms with Crippen molar-refractivity contribution in [1.82, 2.24) is 14.8 Å². The monoisotopic (exact) mass is 297 g/mol. The van der Waals surface area contributed by atoms with Crippen molar-refractivity contribution in [3.63, 3.8) is 0 Å². The van der Waals surface area contributed by atoms with E-state index in [1.54, 1.807) is 6.20 Å². The van der Waals surface area contributed by atoms with Gasteiger partial charge in [-0.1, -0.05) is 17.7 Å². The Kier molecular flexibility index (Phi) is 5.76. The van der Waals surface area contributed by atoms with E-state index < -0.39 is 0 Å². The molecule has 0 unspecified atom stereocenters. The van der Waals surface area contributed by atoms with Gasteiger partial charge >= 0.3 is 5.97 Å². The van der Waals surface area contributed by atoms with Crippen LogP contribution in [0.25, 0.3) is 0 Å². The van der Waals surface area contributed by atoms with Crippen LogP contribution in [0.4, 0.5) is 0 Å². The van der Waals surface area contributed by atoms with Crippen LogP contribution in [0.1, 0.15) is 12.0 Å². The molecule has 1 aromatic heterocycles. The summed E-state index contributed by atoms with van der Waals surface area (Å²) < 4.78 is 4.66. The van der Waals surface area contributed by atoms with Crippen LogP contribution in [0.15, 0.2) is 18.3 Å². The summed E-state index contributed by atoms with van der Waals surface area (Å²) in [5.41, 5.74) is 1.07. The number of hydrogen-bond acceptors (Lipinski definition) is 5. The van der Waals surface area contributed by atoms with Crippen molar-refractivity contribution in [1.29, 1.82) is 0 Å². The van der Waals surface area contributed by atoms with Gasteiger partial charge in [-0.15, -0.1) is 0 Å². The van der Waals surface area contributed by atoms with E-state index in [2.05, 4.69) is 19.5 Å². The number of carbonyl (C=O) groups excluding carboxylic acids is 1. The molecule has 0 amide bonds. The smallest absolute Gasteiger partial charge is 0.306 e. The van der Waals surface area contributed by atoms with Crippen molar-refractivity contribution in [2.75, 3.05) is 39.8 Å². The zero-order valence-corrected chi connectivity index (χ0v) is 12.5. The van der Waals surface area contributed by atoms with E-state index in [-0.39, 0.29) is 5.97 Å². The molecule has 0 aliphatic carbocycles. The number of hydrogen-bond donors (Lipinski definition) is 0. The molecule has 1 aliphatic rings. The van der Waals surface area contributed by atoms with Gasteiger partial charge in [0.1, 0.15) is 5.15 Å². The SMILES string of the molecule is COC(=O)CCN1CCN(Cc2cccnc2Cl)CC1. The molecule has 1 fully saturated rings. The van der Waals surface area contributed by atoms with Crippen molar-refractivity contribution in [2.24, 2.45) is 0 Å². The van der Waals surface area contributed by atoms with Crippen molar-refractivity contribution < 1.29 is 9.53 Å². The summed E-state index contributed by atoms with van der Waals surface area (Å²) in [4.78, 5) is 19.9. The first-order chi connectivity index (χ1) is 9.69. The fourth-order valence-electron chi connectivity index (χ4n) is 2.30. The van der Waals surface area contributed by atoms with E-state index in [0.29, 0.717) is 11.6 Å². The maximum atomic E-state index is 11.1. The topological polar surface area (TPSA) is 45.7 Å². The Balaban J connectivity index is 1.74. The van der Waals surface area contributed by atoms with Gasteiger partial charge in [0.2, 0.25) is 0 Å². The predicted octanol–water partition coefficient (Wildman–Crippen LogP) is 1.42. The Hall–Kier alpha value is -1.17. The van der Waals surface area contributed by atoms with E-state index in [9.17, 15) is 4.79 Å². The predicted molar refractivity (Wildman–Crippen MR) is 77.6 cm³/mol. The van der Waals surface area contributed by atoms with Crippen LogP contribution in [0.5, 0.6) is 0 Å². The fourth-order valence-corrected chi connectivity index (χ4v) is 2.48. The van der Waals surface area contributed by atoms with Gasteiger partial charge in [0.15, 0.2) is 0 Å². The fraction of sp³-hybridized carbons (Fsp3) is 0.571. The standard InChI is InChI=1S/C14H20ClN3O2/c1-20-13(19)4-6-17-7-9-18(10-8-17)11-12-3-2-5-16-14(12)15/h2-3,5H,4,6-11H2,1H3. The molecule has 0 atom stereocenters. The lowest BCUT2D eigenvalue weighted by Gasteiger charge is -2.34.